The molecule has 0 radical (unpaired) electrons. The number of hydrogen-bond acceptors (Lipinski definition) is 2. The fourth-order valence-corrected chi connectivity index (χ4v) is 3.36. The second-order valence-corrected chi connectivity index (χ2v) is 6.75. The number of hydrogen-bond donors (Lipinski definition) is 0. The Kier molecular flexibility index (Phi) is 5.04. The van der Waals surface area contributed by atoms with Crippen LogP contribution in [-0.4, -0.2) is 9.78 Å². The molecule has 0 unspecified atom stereocenters. The minimum Gasteiger partial charge on any atom is -0.287 e. The molecule has 0 saturated carbocycles. The van der Waals surface area contributed by atoms with Crippen molar-refractivity contribution in [2.45, 2.75) is 12.7 Å². The van der Waals surface area contributed by atoms with E-state index in [9.17, 15) is 31.1 Å². The molecule has 0 aliphatic rings. The average Bonchev–Trinajstić information content (AvgIpc) is 2.71. The Hall–Kier alpha value is -3.62. The van der Waals surface area contributed by atoms with E-state index in [1.807, 2.05) is 0 Å². The largest absolute Gasteiger partial charge is 0.419 e. The molecule has 31 heavy (non-hydrogen) atoms. The van der Waals surface area contributed by atoms with Crippen molar-refractivity contribution in [3.05, 3.63) is 99.5 Å². The van der Waals surface area contributed by atoms with Gasteiger partial charge in [0.2, 0.25) is 5.43 Å². The van der Waals surface area contributed by atoms with Gasteiger partial charge in [-0.1, -0.05) is 30.3 Å². The van der Waals surface area contributed by atoms with Gasteiger partial charge < -0.3 is 0 Å². The van der Waals surface area contributed by atoms with Crippen molar-refractivity contribution in [3.8, 4) is 11.3 Å². The van der Waals surface area contributed by atoms with Crippen LogP contribution in [0, 0.1) is 17.5 Å². The highest BCUT2D eigenvalue weighted by Gasteiger charge is 2.38. The topological polar surface area (TPSA) is 34.9 Å². The molecular weight excluding hydrogens is 422 g/mol. The van der Waals surface area contributed by atoms with E-state index in [1.54, 1.807) is 6.07 Å². The summed E-state index contributed by atoms with van der Waals surface area (Å²) in [4.78, 5) is 12.9. The number of nitrogens with zero attached hydrogens (tertiary/aromatic N) is 2. The monoisotopic (exact) mass is 434 g/mol. The Balaban J connectivity index is 2.00. The number of benzene rings is 3. The zero-order chi connectivity index (χ0) is 22.3. The predicted molar refractivity (Wildman–Crippen MR) is 102 cm³/mol. The Morgan fingerprint density at radius 1 is 0.871 bits per heavy atom. The van der Waals surface area contributed by atoms with Gasteiger partial charge in [-0.05, 0) is 24.3 Å². The zero-order valence-corrected chi connectivity index (χ0v) is 15.6. The molecular formula is C22H12F6N2O. The average molecular weight is 434 g/mol. The molecule has 3 nitrogen and oxygen atoms in total. The van der Waals surface area contributed by atoms with Gasteiger partial charge in [-0.25, -0.2) is 13.2 Å². The van der Waals surface area contributed by atoms with Crippen molar-refractivity contribution < 1.29 is 26.3 Å². The zero-order valence-electron chi connectivity index (χ0n) is 15.6. The van der Waals surface area contributed by atoms with E-state index < -0.39 is 45.9 Å². The van der Waals surface area contributed by atoms with Crippen molar-refractivity contribution in [2.24, 2.45) is 0 Å². The third-order valence-electron chi connectivity index (χ3n) is 4.75. The fraction of sp³-hybridized carbons (Fsp3) is 0.0909. The lowest BCUT2D eigenvalue weighted by Gasteiger charge is -2.16. The van der Waals surface area contributed by atoms with Crippen LogP contribution < -0.4 is 5.43 Å². The van der Waals surface area contributed by atoms with Crippen LogP contribution >= 0.6 is 0 Å². The van der Waals surface area contributed by atoms with Gasteiger partial charge in [0.1, 0.15) is 28.7 Å². The number of para-hydroxylation sites is 1. The first-order valence-corrected chi connectivity index (χ1v) is 8.96. The maximum Gasteiger partial charge on any atom is 0.419 e. The van der Waals surface area contributed by atoms with E-state index >= 15 is 0 Å². The van der Waals surface area contributed by atoms with Crippen molar-refractivity contribution in [1.29, 1.82) is 0 Å². The quantitative estimate of drug-likeness (QED) is 0.397. The van der Waals surface area contributed by atoms with E-state index in [1.165, 1.54) is 24.3 Å². The van der Waals surface area contributed by atoms with Crippen LogP contribution in [-0.2, 0) is 12.7 Å². The first kappa shape index (κ1) is 20.6. The summed E-state index contributed by atoms with van der Waals surface area (Å²) in [5.41, 5.74) is -3.57. The van der Waals surface area contributed by atoms with Gasteiger partial charge in [-0.15, -0.1) is 0 Å². The summed E-state index contributed by atoms with van der Waals surface area (Å²) in [6.45, 7) is -0.295. The van der Waals surface area contributed by atoms with Crippen molar-refractivity contribution >= 4 is 10.9 Å². The van der Waals surface area contributed by atoms with Crippen LogP contribution in [0.15, 0.2) is 65.5 Å². The van der Waals surface area contributed by atoms with Crippen LogP contribution in [0.5, 0.6) is 0 Å². The highest BCUT2D eigenvalue weighted by atomic mass is 19.4. The van der Waals surface area contributed by atoms with Gasteiger partial charge >= 0.3 is 6.18 Å². The van der Waals surface area contributed by atoms with Crippen LogP contribution in [0.2, 0.25) is 0 Å². The van der Waals surface area contributed by atoms with Gasteiger partial charge in [0.05, 0.1) is 12.1 Å². The maximum atomic E-state index is 14.2. The SMILES string of the molecule is O=c1c(-c2cccc(F)c2C(F)(F)F)nn(Cc2ccc(F)cc2F)c2ccccc12. The molecule has 1 aromatic heterocycles. The van der Waals surface area contributed by atoms with Crippen molar-refractivity contribution in [3.63, 3.8) is 0 Å². The normalized spacial score (nSPS) is 11.8. The number of halogens is 6. The van der Waals surface area contributed by atoms with E-state index in [-0.39, 0.29) is 23.0 Å². The second kappa shape index (κ2) is 7.57. The highest BCUT2D eigenvalue weighted by molar-refractivity contribution is 5.83. The molecule has 9 heteroatoms. The summed E-state index contributed by atoms with van der Waals surface area (Å²) < 4.78 is 83.2. The first-order valence-electron chi connectivity index (χ1n) is 8.96. The van der Waals surface area contributed by atoms with E-state index in [2.05, 4.69) is 5.10 Å². The molecule has 0 spiro atoms. The van der Waals surface area contributed by atoms with Gasteiger partial charge in [0.25, 0.3) is 0 Å². The Morgan fingerprint density at radius 2 is 1.61 bits per heavy atom. The molecule has 0 atom stereocenters. The van der Waals surface area contributed by atoms with Gasteiger partial charge in [-0.2, -0.15) is 18.3 Å². The maximum absolute atomic E-state index is 14.2. The van der Waals surface area contributed by atoms with Crippen LogP contribution in [0.1, 0.15) is 11.1 Å². The Labute approximate surface area is 171 Å². The predicted octanol–water partition coefficient (Wildman–Crippen LogP) is 5.55. The summed E-state index contributed by atoms with van der Waals surface area (Å²) in [7, 11) is 0. The van der Waals surface area contributed by atoms with Gasteiger partial charge in [-0.3, -0.25) is 9.48 Å². The lowest BCUT2D eigenvalue weighted by Crippen LogP contribution is -2.20. The van der Waals surface area contributed by atoms with Crippen molar-refractivity contribution in [2.75, 3.05) is 0 Å². The van der Waals surface area contributed by atoms with E-state index in [0.29, 0.717) is 12.1 Å². The standard InChI is InChI=1S/C22H12F6N2O/c23-13-9-8-12(17(25)10-13)11-30-18-7-2-1-4-14(18)21(31)20(29-30)15-5-3-6-16(24)19(15)22(26,27)28/h1-10H,11H2. The van der Waals surface area contributed by atoms with Crippen LogP contribution in [0.3, 0.4) is 0 Å². The minimum absolute atomic E-state index is 0.00365. The molecule has 1 heterocycles. The summed E-state index contributed by atoms with van der Waals surface area (Å²) in [6, 6.07) is 11.4. The third kappa shape index (κ3) is 3.78. The lowest BCUT2D eigenvalue weighted by atomic mass is 10.0. The summed E-state index contributed by atoms with van der Waals surface area (Å²) in [5, 5.41) is 4.04. The summed E-state index contributed by atoms with van der Waals surface area (Å²) >= 11 is 0. The van der Waals surface area contributed by atoms with Crippen LogP contribution in [0.4, 0.5) is 26.3 Å². The third-order valence-corrected chi connectivity index (χ3v) is 4.75. The first-order chi connectivity index (χ1) is 14.7. The Morgan fingerprint density at radius 3 is 2.32 bits per heavy atom. The lowest BCUT2D eigenvalue weighted by molar-refractivity contribution is -0.139. The summed E-state index contributed by atoms with van der Waals surface area (Å²) in [6.07, 6.45) is -5.08. The second-order valence-electron chi connectivity index (χ2n) is 6.75. The molecule has 0 N–H and O–H groups in total. The number of fused-ring (bicyclic) bond motifs is 1. The molecule has 0 saturated heterocycles. The van der Waals surface area contributed by atoms with Gasteiger partial charge in [0.15, 0.2) is 0 Å². The molecule has 0 bridgehead atoms. The molecule has 158 valence electrons. The fourth-order valence-electron chi connectivity index (χ4n) is 3.36. The van der Waals surface area contributed by atoms with Crippen LogP contribution in [0.25, 0.3) is 22.2 Å². The van der Waals surface area contributed by atoms with E-state index in [0.717, 1.165) is 22.9 Å². The molecule has 0 amide bonds. The molecule has 4 aromatic rings. The summed E-state index contributed by atoms with van der Waals surface area (Å²) in [5.74, 6) is -3.22. The molecule has 0 fully saturated rings. The molecule has 3 aromatic carbocycles. The smallest absolute Gasteiger partial charge is 0.287 e. The number of alkyl halides is 3. The number of rotatable bonds is 3. The highest BCUT2D eigenvalue weighted by Crippen LogP contribution is 2.37. The molecule has 0 aliphatic heterocycles. The molecule has 4 rings (SSSR count). The minimum atomic E-state index is -5.08. The number of aromatic nitrogens is 2. The van der Waals surface area contributed by atoms with Gasteiger partial charge in [0, 0.05) is 22.6 Å². The molecule has 0 aliphatic carbocycles. The Bertz CT molecular complexity index is 1360. The van der Waals surface area contributed by atoms with Crippen molar-refractivity contribution in [1.82, 2.24) is 9.78 Å². The van der Waals surface area contributed by atoms with E-state index in [4.69, 9.17) is 0 Å².